The molecule has 1 aromatic rings. The largest absolute Gasteiger partial charge is 0.475 e. The molecule has 0 atom stereocenters. The number of hydrogen-bond acceptors (Lipinski definition) is 1. The standard InChI is InChI=1S/C9H11F2NO/c1-12-6-7-4-2-3-5-8(7)13-9(10)11/h2-5,9H,1,6,12H2. The summed E-state index contributed by atoms with van der Waals surface area (Å²) in [5.41, 5.74) is 0.720. The van der Waals surface area contributed by atoms with E-state index in [1.54, 1.807) is 23.5 Å². The first kappa shape index (κ1) is 9.92. The molecule has 1 rings (SSSR count). The van der Waals surface area contributed by atoms with Gasteiger partial charge in [-0.1, -0.05) is 12.1 Å². The Balaban J connectivity index is 2.78. The predicted octanol–water partition coefficient (Wildman–Crippen LogP) is 1.14. The van der Waals surface area contributed by atoms with Gasteiger partial charge in [-0.25, -0.2) is 0 Å². The lowest BCUT2D eigenvalue weighted by atomic mass is 10.2. The monoisotopic (exact) mass is 187 g/mol. The van der Waals surface area contributed by atoms with Crippen LogP contribution in [0.3, 0.4) is 0 Å². The minimum Gasteiger partial charge on any atom is -0.475 e. The zero-order valence-corrected chi connectivity index (χ0v) is 7.04. The summed E-state index contributed by atoms with van der Waals surface area (Å²) in [5.74, 6) is 0.220. The number of quaternary nitrogens is 1. The second kappa shape index (κ2) is 4.77. The highest BCUT2D eigenvalue weighted by Gasteiger charge is 2.08. The van der Waals surface area contributed by atoms with E-state index in [2.05, 4.69) is 11.8 Å². The van der Waals surface area contributed by atoms with Crippen molar-refractivity contribution in [2.75, 3.05) is 0 Å². The van der Waals surface area contributed by atoms with Crippen LogP contribution in [0.25, 0.3) is 0 Å². The van der Waals surface area contributed by atoms with Crippen molar-refractivity contribution in [2.45, 2.75) is 13.2 Å². The van der Waals surface area contributed by atoms with Gasteiger partial charge in [-0.15, -0.1) is 0 Å². The van der Waals surface area contributed by atoms with Gasteiger partial charge in [0.25, 0.3) is 0 Å². The Morgan fingerprint density at radius 2 is 2.08 bits per heavy atom. The summed E-state index contributed by atoms with van der Waals surface area (Å²) >= 11 is 0. The lowest BCUT2D eigenvalue weighted by Gasteiger charge is -2.09. The molecule has 1 aromatic carbocycles. The molecule has 0 spiro atoms. The summed E-state index contributed by atoms with van der Waals surface area (Å²) in [7, 11) is 3.53. The Kier molecular flexibility index (Phi) is 3.64. The Labute approximate surface area is 75.5 Å². The number of rotatable bonds is 4. The summed E-state index contributed by atoms with van der Waals surface area (Å²) < 4.78 is 28.1. The molecule has 0 amide bonds. The molecule has 0 aromatic heterocycles. The van der Waals surface area contributed by atoms with Crippen LogP contribution in [0.2, 0.25) is 0 Å². The van der Waals surface area contributed by atoms with Crippen LogP contribution in [0.4, 0.5) is 8.78 Å². The van der Waals surface area contributed by atoms with E-state index >= 15 is 0 Å². The van der Waals surface area contributed by atoms with Gasteiger partial charge in [0.15, 0.2) is 0 Å². The minimum atomic E-state index is -2.77. The van der Waals surface area contributed by atoms with E-state index < -0.39 is 6.61 Å². The summed E-state index contributed by atoms with van der Waals surface area (Å²) in [6.07, 6.45) is 0. The van der Waals surface area contributed by atoms with Crippen LogP contribution in [-0.2, 0) is 6.54 Å². The van der Waals surface area contributed by atoms with Gasteiger partial charge in [-0.05, 0) is 12.1 Å². The molecule has 0 saturated heterocycles. The van der Waals surface area contributed by atoms with Crippen LogP contribution in [0.5, 0.6) is 5.75 Å². The first-order chi connectivity index (χ1) is 6.24. The molecular formula is C9H11F2NO. The molecule has 0 aliphatic rings. The Bertz CT molecular complexity index is 266. The van der Waals surface area contributed by atoms with Crippen LogP contribution in [0.1, 0.15) is 5.56 Å². The van der Waals surface area contributed by atoms with E-state index in [9.17, 15) is 8.78 Å². The van der Waals surface area contributed by atoms with Gasteiger partial charge < -0.3 is 10.1 Å². The second-order valence-electron chi connectivity index (χ2n) is 2.48. The molecule has 4 heteroatoms. The number of hydrogen-bond donors (Lipinski definition) is 1. The molecule has 0 aliphatic carbocycles. The fraction of sp³-hybridized carbons (Fsp3) is 0.222. The molecule has 0 bridgehead atoms. The summed E-state index contributed by atoms with van der Waals surface area (Å²) in [5, 5.41) is 1.65. The SMILES string of the molecule is [CH2-][NH2+]Cc1ccccc1OC(F)F. The molecular weight excluding hydrogens is 176 g/mol. The average molecular weight is 187 g/mol. The van der Waals surface area contributed by atoms with Crippen molar-refractivity contribution in [3.8, 4) is 5.75 Å². The molecule has 2 N–H and O–H groups in total. The van der Waals surface area contributed by atoms with E-state index in [1.807, 2.05) is 0 Å². The van der Waals surface area contributed by atoms with Crippen LogP contribution in [0, 0.1) is 7.05 Å². The van der Waals surface area contributed by atoms with Gasteiger partial charge in [0.2, 0.25) is 0 Å². The molecule has 0 saturated carbocycles. The fourth-order valence-electron chi connectivity index (χ4n) is 1.04. The number of ether oxygens (including phenoxy) is 1. The van der Waals surface area contributed by atoms with E-state index in [4.69, 9.17) is 0 Å². The Morgan fingerprint density at radius 3 is 2.69 bits per heavy atom. The number of benzene rings is 1. The van der Waals surface area contributed by atoms with Crippen molar-refractivity contribution in [3.05, 3.63) is 36.9 Å². The maximum absolute atomic E-state index is 11.9. The van der Waals surface area contributed by atoms with Crippen LogP contribution in [0.15, 0.2) is 24.3 Å². The van der Waals surface area contributed by atoms with E-state index in [0.717, 1.165) is 5.56 Å². The molecule has 2 nitrogen and oxygen atoms in total. The van der Waals surface area contributed by atoms with Crippen molar-refractivity contribution in [2.24, 2.45) is 0 Å². The smallest absolute Gasteiger partial charge is 0.387 e. The normalized spacial score (nSPS) is 10.5. The van der Waals surface area contributed by atoms with E-state index in [-0.39, 0.29) is 5.75 Å². The van der Waals surface area contributed by atoms with Crippen LogP contribution >= 0.6 is 0 Å². The lowest BCUT2D eigenvalue weighted by Crippen LogP contribution is -2.74. The Morgan fingerprint density at radius 1 is 1.38 bits per heavy atom. The van der Waals surface area contributed by atoms with Gasteiger partial charge in [-0.2, -0.15) is 15.8 Å². The molecule has 0 radical (unpaired) electrons. The maximum Gasteiger partial charge on any atom is 0.387 e. The third-order valence-corrected chi connectivity index (χ3v) is 1.55. The predicted molar refractivity (Wildman–Crippen MR) is 44.1 cm³/mol. The highest BCUT2D eigenvalue weighted by molar-refractivity contribution is 5.32. The van der Waals surface area contributed by atoms with Crippen LogP contribution < -0.4 is 10.1 Å². The van der Waals surface area contributed by atoms with Crippen molar-refractivity contribution in [1.29, 1.82) is 0 Å². The Hall–Kier alpha value is -1.16. The van der Waals surface area contributed by atoms with Crippen molar-refractivity contribution < 1.29 is 18.8 Å². The average Bonchev–Trinajstić information content (AvgIpc) is 2.08. The number of alkyl halides is 2. The fourth-order valence-corrected chi connectivity index (χ4v) is 1.04. The zero-order valence-electron chi connectivity index (χ0n) is 7.04. The zero-order chi connectivity index (χ0) is 9.68. The van der Waals surface area contributed by atoms with Gasteiger partial charge in [0.1, 0.15) is 5.75 Å². The molecule has 0 unspecified atom stereocenters. The third kappa shape index (κ3) is 2.99. The van der Waals surface area contributed by atoms with Crippen LogP contribution in [-0.4, -0.2) is 6.61 Å². The molecule has 0 aliphatic heterocycles. The molecule has 0 heterocycles. The topological polar surface area (TPSA) is 25.8 Å². The highest BCUT2D eigenvalue weighted by Crippen LogP contribution is 2.18. The number of halogens is 2. The third-order valence-electron chi connectivity index (χ3n) is 1.55. The maximum atomic E-state index is 11.9. The van der Waals surface area contributed by atoms with Gasteiger partial charge >= 0.3 is 6.61 Å². The summed E-state index contributed by atoms with van der Waals surface area (Å²) in [6, 6.07) is 6.69. The van der Waals surface area contributed by atoms with Gasteiger partial charge in [0, 0.05) is 5.56 Å². The lowest BCUT2D eigenvalue weighted by molar-refractivity contribution is -0.612. The molecule has 13 heavy (non-hydrogen) atoms. The summed E-state index contributed by atoms with van der Waals surface area (Å²) in [4.78, 5) is 0. The van der Waals surface area contributed by atoms with Crippen molar-refractivity contribution in [3.63, 3.8) is 0 Å². The van der Waals surface area contributed by atoms with E-state index in [1.165, 1.54) is 6.07 Å². The van der Waals surface area contributed by atoms with E-state index in [0.29, 0.717) is 6.54 Å². The van der Waals surface area contributed by atoms with Gasteiger partial charge in [-0.3, -0.25) is 0 Å². The van der Waals surface area contributed by atoms with Crippen molar-refractivity contribution >= 4 is 0 Å². The summed E-state index contributed by atoms with van der Waals surface area (Å²) in [6.45, 7) is -2.24. The minimum absolute atomic E-state index is 0.220. The van der Waals surface area contributed by atoms with Gasteiger partial charge in [0.05, 0.1) is 6.54 Å². The first-order valence-electron chi connectivity index (χ1n) is 3.87. The quantitative estimate of drug-likeness (QED) is 0.703. The molecule has 0 fully saturated rings. The number of nitrogens with two attached hydrogens (primary N) is 1. The highest BCUT2D eigenvalue weighted by atomic mass is 19.3. The molecule has 72 valence electrons. The second-order valence-corrected chi connectivity index (χ2v) is 2.48. The first-order valence-corrected chi connectivity index (χ1v) is 3.87. The van der Waals surface area contributed by atoms with Crippen molar-refractivity contribution in [1.82, 2.24) is 0 Å². The number of para-hydroxylation sites is 1.